The molecule has 2 heterocycles. The summed E-state index contributed by atoms with van der Waals surface area (Å²) in [5.41, 5.74) is 5.56. The van der Waals surface area contributed by atoms with Gasteiger partial charge in [-0.05, 0) is 43.5 Å². The fourth-order valence-electron chi connectivity index (χ4n) is 3.84. The summed E-state index contributed by atoms with van der Waals surface area (Å²) >= 11 is 6.52. The number of hydrogen-bond donors (Lipinski definition) is 0. The number of anilines is 1. The molecule has 3 aromatic rings. The van der Waals surface area contributed by atoms with Crippen LogP contribution in [0.4, 0.5) is 5.69 Å². The van der Waals surface area contributed by atoms with Crippen molar-refractivity contribution in [2.75, 3.05) is 11.6 Å². The van der Waals surface area contributed by atoms with Gasteiger partial charge in [0, 0.05) is 17.1 Å². The van der Waals surface area contributed by atoms with E-state index in [2.05, 4.69) is 43.9 Å². The summed E-state index contributed by atoms with van der Waals surface area (Å²) in [6.07, 6.45) is 1.75. The largest absolute Gasteiger partial charge is 0.471 e. The van der Waals surface area contributed by atoms with E-state index >= 15 is 0 Å². The van der Waals surface area contributed by atoms with Gasteiger partial charge in [0.25, 0.3) is 0 Å². The number of halogens is 1. The van der Waals surface area contributed by atoms with Crippen LogP contribution in [0.2, 0.25) is 5.02 Å². The van der Waals surface area contributed by atoms with E-state index in [1.54, 1.807) is 6.07 Å². The molecule has 0 radical (unpaired) electrons. The van der Waals surface area contributed by atoms with E-state index in [4.69, 9.17) is 20.8 Å². The maximum absolute atomic E-state index is 12.1. The maximum atomic E-state index is 12.1. The number of fused-ring (bicyclic) bond motifs is 3. The molecule has 5 heteroatoms. The standard InChI is InChI=1S/C22H22ClNO3/c1-4-5-15-9-20(25)27-21-16(15)10-18(23)22-17(21)11-24(12-26-22)19-7-6-13(2)8-14(19)3/h6-10H,4-5,11-12H2,1-3H3. The fourth-order valence-corrected chi connectivity index (χ4v) is 4.12. The molecule has 0 amide bonds. The second kappa shape index (κ2) is 6.93. The molecule has 27 heavy (non-hydrogen) atoms. The minimum absolute atomic E-state index is 0.334. The SMILES string of the molecule is CCCc1cc(=O)oc2c3c(c(Cl)cc12)OCN(c1ccc(C)cc1C)C3. The van der Waals surface area contributed by atoms with Gasteiger partial charge in [-0.1, -0.05) is 42.6 Å². The van der Waals surface area contributed by atoms with Crippen molar-refractivity contribution in [3.8, 4) is 5.75 Å². The van der Waals surface area contributed by atoms with E-state index in [1.165, 1.54) is 11.1 Å². The van der Waals surface area contributed by atoms with Gasteiger partial charge in [-0.25, -0.2) is 4.79 Å². The summed E-state index contributed by atoms with van der Waals surface area (Å²) in [5, 5.41) is 1.45. The number of benzene rings is 2. The van der Waals surface area contributed by atoms with E-state index in [9.17, 15) is 4.79 Å². The lowest BCUT2D eigenvalue weighted by molar-refractivity contribution is 0.289. The monoisotopic (exact) mass is 383 g/mol. The normalized spacial score (nSPS) is 13.6. The molecule has 0 unspecified atom stereocenters. The van der Waals surface area contributed by atoms with Crippen LogP contribution in [0.1, 0.15) is 35.6 Å². The van der Waals surface area contributed by atoms with E-state index in [0.717, 1.165) is 35.0 Å². The summed E-state index contributed by atoms with van der Waals surface area (Å²) in [7, 11) is 0. The first-order valence-corrected chi connectivity index (χ1v) is 9.59. The average Bonchev–Trinajstić information content (AvgIpc) is 2.63. The molecule has 1 aliphatic rings. The van der Waals surface area contributed by atoms with Gasteiger partial charge in [-0.15, -0.1) is 0 Å². The van der Waals surface area contributed by atoms with E-state index < -0.39 is 0 Å². The quantitative estimate of drug-likeness (QED) is 0.570. The van der Waals surface area contributed by atoms with Crippen molar-refractivity contribution in [2.45, 2.75) is 40.2 Å². The van der Waals surface area contributed by atoms with Gasteiger partial charge in [-0.2, -0.15) is 0 Å². The number of ether oxygens (including phenoxy) is 1. The number of hydrogen-bond acceptors (Lipinski definition) is 4. The van der Waals surface area contributed by atoms with Gasteiger partial charge in [0.2, 0.25) is 0 Å². The minimum Gasteiger partial charge on any atom is -0.471 e. The third-order valence-electron chi connectivity index (χ3n) is 5.05. The van der Waals surface area contributed by atoms with Crippen molar-refractivity contribution >= 4 is 28.3 Å². The first kappa shape index (κ1) is 17.9. The summed E-state index contributed by atoms with van der Waals surface area (Å²) in [5.74, 6) is 0.613. The van der Waals surface area contributed by atoms with Crippen LogP contribution < -0.4 is 15.3 Å². The highest BCUT2D eigenvalue weighted by Gasteiger charge is 2.26. The van der Waals surface area contributed by atoms with Gasteiger partial charge in [-0.3, -0.25) is 0 Å². The molecule has 0 atom stereocenters. The Kier molecular flexibility index (Phi) is 4.60. The van der Waals surface area contributed by atoms with Crippen molar-refractivity contribution in [1.29, 1.82) is 0 Å². The molecule has 0 spiro atoms. The Balaban J connectivity index is 1.87. The Morgan fingerprint density at radius 2 is 2.00 bits per heavy atom. The molecule has 1 aliphatic heterocycles. The molecule has 0 fully saturated rings. The van der Waals surface area contributed by atoms with Crippen molar-refractivity contribution in [2.24, 2.45) is 0 Å². The van der Waals surface area contributed by atoms with Gasteiger partial charge >= 0.3 is 5.63 Å². The molecular formula is C22H22ClNO3. The zero-order valence-corrected chi connectivity index (χ0v) is 16.5. The Morgan fingerprint density at radius 3 is 2.74 bits per heavy atom. The van der Waals surface area contributed by atoms with Gasteiger partial charge in [0.05, 0.1) is 17.1 Å². The van der Waals surface area contributed by atoms with Crippen LogP contribution in [0.25, 0.3) is 11.0 Å². The van der Waals surface area contributed by atoms with Crippen molar-refractivity contribution < 1.29 is 9.15 Å². The second-order valence-corrected chi connectivity index (χ2v) is 7.55. The van der Waals surface area contributed by atoms with Crippen LogP contribution in [-0.4, -0.2) is 6.73 Å². The minimum atomic E-state index is -0.334. The maximum Gasteiger partial charge on any atom is 0.336 e. The molecule has 0 saturated carbocycles. The van der Waals surface area contributed by atoms with Gasteiger partial charge < -0.3 is 14.1 Å². The lowest BCUT2D eigenvalue weighted by Gasteiger charge is -2.32. The first-order valence-electron chi connectivity index (χ1n) is 9.21. The average molecular weight is 384 g/mol. The molecule has 4 nitrogen and oxygen atoms in total. The summed E-state index contributed by atoms with van der Waals surface area (Å²) in [6, 6.07) is 9.77. The van der Waals surface area contributed by atoms with Crippen molar-refractivity contribution in [3.63, 3.8) is 0 Å². The third kappa shape index (κ3) is 3.19. The van der Waals surface area contributed by atoms with E-state index in [-0.39, 0.29) is 5.63 Å². The highest BCUT2D eigenvalue weighted by atomic mass is 35.5. The topological polar surface area (TPSA) is 42.7 Å². The van der Waals surface area contributed by atoms with Crippen LogP contribution in [0, 0.1) is 13.8 Å². The van der Waals surface area contributed by atoms with Crippen LogP contribution in [0.3, 0.4) is 0 Å². The van der Waals surface area contributed by atoms with Crippen LogP contribution in [0.5, 0.6) is 5.75 Å². The summed E-state index contributed by atoms with van der Waals surface area (Å²) in [6.45, 7) is 7.24. The third-order valence-corrected chi connectivity index (χ3v) is 5.33. The Bertz CT molecular complexity index is 1090. The summed E-state index contributed by atoms with van der Waals surface area (Å²) in [4.78, 5) is 14.3. The number of rotatable bonds is 3. The second-order valence-electron chi connectivity index (χ2n) is 7.14. The molecule has 0 aliphatic carbocycles. The lowest BCUT2D eigenvalue weighted by Crippen LogP contribution is -2.32. The Labute approximate surface area is 163 Å². The van der Waals surface area contributed by atoms with Crippen molar-refractivity contribution in [3.05, 3.63) is 68.0 Å². The lowest BCUT2D eigenvalue weighted by atomic mass is 10.0. The van der Waals surface area contributed by atoms with Gasteiger partial charge in [0.1, 0.15) is 11.3 Å². The van der Waals surface area contributed by atoms with E-state index in [0.29, 0.717) is 29.6 Å². The van der Waals surface area contributed by atoms with E-state index in [1.807, 2.05) is 6.07 Å². The highest BCUT2D eigenvalue weighted by Crippen LogP contribution is 2.40. The predicted molar refractivity (Wildman–Crippen MR) is 109 cm³/mol. The molecule has 0 N–H and O–H groups in total. The molecule has 2 aromatic carbocycles. The van der Waals surface area contributed by atoms with Crippen LogP contribution in [-0.2, 0) is 13.0 Å². The molecule has 4 rings (SSSR count). The molecule has 0 bridgehead atoms. The zero-order chi connectivity index (χ0) is 19.1. The molecular weight excluding hydrogens is 362 g/mol. The zero-order valence-electron chi connectivity index (χ0n) is 15.8. The fraction of sp³-hybridized carbons (Fsp3) is 0.318. The smallest absolute Gasteiger partial charge is 0.336 e. The molecule has 140 valence electrons. The summed E-state index contributed by atoms with van der Waals surface area (Å²) < 4.78 is 11.6. The Morgan fingerprint density at radius 1 is 1.19 bits per heavy atom. The van der Waals surface area contributed by atoms with Crippen LogP contribution >= 0.6 is 11.6 Å². The molecule has 1 aromatic heterocycles. The molecule has 0 saturated heterocycles. The predicted octanol–water partition coefficient (Wildman–Crippen LogP) is 5.37. The number of aryl methyl sites for hydroxylation is 3. The first-order chi connectivity index (χ1) is 13.0. The van der Waals surface area contributed by atoms with Gasteiger partial charge in [0.15, 0.2) is 6.73 Å². The highest BCUT2D eigenvalue weighted by molar-refractivity contribution is 6.33. The number of nitrogens with zero attached hydrogens (tertiary/aromatic N) is 1. The Hall–Kier alpha value is -2.46. The van der Waals surface area contributed by atoms with Crippen molar-refractivity contribution in [1.82, 2.24) is 0 Å². The van der Waals surface area contributed by atoms with Crippen LogP contribution in [0.15, 0.2) is 39.5 Å².